The van der Waals surface area contributed by atoms with Gasteiger partial charge >= 0.3 is 0 Å². The zero-order valence-corrected chi connectivity index (χ0v) is 14.6. The van der Waals surface area contributed by atoms with Crippen molar-refractivity contribution in [3.8, 4) is 0 Å². The van der Waals surface area contributed by atoms with Crippen LogP contribution in [-0.4, -0.2) is 34.8 Å². The van der Waals surface area contributed by atoms with E-state index in [2.05, 4.69) is 10.3 Å². The lowest BCUT2D eigenvalue weighted by Gasteiger charge is -2.16. The van der Waals surface area contributed by atoms with Gasteiger partial charge in [0.25, 0.3) is 11.8 Å². The van der Waals surface area contributed by atoms with Crippen molar-refractivity contribution in [3.63, 3.8) is 0 Å². The fraction of sp³-hybridized carbons (Fsp3) is 0.438. The van der Waals surface area contributed by atoms with Gasteiger partial charge in [0.1, 0.15) is 5.76 Å². The summed E-state index contributed by atoms with van der Waals surface area (Å²) >= 11 is 1.43. The summed E-state index contributed by atoms with van der Waals surface area (Å²) in [5, 5.41) is 2.76. The van der Waals surface area contributed by atoms with E-state index < -0.39 is 0 Å². The number of aryl methyl sites for hydroxylation is 2. The Hall–Kier alpha value is -2.15. The van der Waals surface area contributed by atoms with Gasteiger partial charge in [-0.2, -0.15) is 0 Å². The van der Waals surface area contributed by atoms with Crippen molar-refractivity contribution < 1.29 is 14.0 Å². The topological polar surface area (TPSA) is 75.4 Å². The van der Waals surface area contributed by atoms with Crippen LogP contribution in [0.25, 0.3) is 0 Å². The Morgan fingerprint density at radius 1 is 1.26 bits per heavy atom. The predicted molar refractivity (Wildman–Crippen MR) is 88.7 cm³/mol. The second-order valence-corrected chi connectivity index (χ2v) is 6.37. The molecule has 6 nitrogen and oxygen atoms in total. The molecule has 2 heterocycles. The third-order valence-electron chi connectivity index (χ3n) is 3.46. The van der Waals surface area contributed by atoms with E-state index in [0.717, 1.165) is 4.88 Å². The van der Waals surface area contributed by atoms with Gasteiger partial charge in [-0.1, -0.05) is 0 Å². The minimum Gasteiger partial charge on any atom is -0.443 e. The molecule has 0 aromatic carbocycles. The minimum atomic E-state index is -0.171. The first-order chi connectivity index (χ1) is 11.0. The summed E-state index contributed by atoms with van der Waals surface area (Å²) in [7, 11) is 0. The highest BCUT2D eigenvalue weighted by Crippen LogP contribution is 2.16. The number of carbonyl (C=O) groups excluding carboxylic acids is 2. The van der Waals surface area contributed by atoms with Crippen molar-refractivity contribution in [2.24, 2.45) is 0 Å². The first-order valence-electron chi connectivity index (χ1n) is 7.56. The number of carbonyl (C=O) groups is 2. The van der Waals surface area contributed by atoms with Crippen LogP contribution >= 0.6 is 11.3 Å². The number of amides is 2. The van der Waals surface area contributed by atoms with E-state index in [1.165, 1.54) is 11.3 Å². The first-order valence-corrected chi connectivity index (χ1v) is 8.38. The lowest BCUT2D eigenvalue weighted by atomic mass is 10.3. The lowest BCUT2D eigenvalue weighted by Crippen LogP contribution is -2.31. The molecule has 0 fully saturated rings. The lowest BCUT2D eigenvalue weighted by molar-refractivity contribution is 0.0766. The van der Waals surface area contributed by atoms with Gasteiger partial charge < -0.3 is 14.6 Å². The van der Waals surface area contributed by atoms with Gasteiger partial charge in [0.2, 0.25) is 5.89 Å². The number of nitrogens with one attached hydrogen (secondary N) is 1. The summed E-state index contributed by atoms with van der Waals surface area (Å²) in [5.74, 6) is 0.482. The molecule has 7 heteroatoms. The van der Waals surface area contributed by atoms with Gasteiger partial charge in [-0.15, -0.1) is 11.3 Å². The highest BCUT2D eigenvalue weighted by molar-refractivity contribution is 7.13. The Morgan fingerprint density at radius 3 is 2.52 bits per heavy atom. The van der Waals surface area contributed by atoms with Crippen LogP contribution in [0.2, 0.25) is 0 Å². The molecule has 2 aromatic rings. The number of hydrogen-bond donors (Lipinski definition) is 1. The third-order valence-corrected chi connectivity index (χ3v) is 4.46. The van der Waals surface area contributed by atoms with Gasteiger partial charge in [-0.05, 0) is 39.8 Å². The highest BCUT2D eigenvalue weighted by Gasteiger charge is 2.21. The largest absolute Gasteiger partial charge is 0.443 e. The fourth-order valence-corrected chi connectivity index (χ4v) is 2.97. The Kier molecular flexibility index (Phi) is 5.54. The van der Waals surface area contributed by atoms with E-state index in [0.29, 0.717) is 35.3 Å². The van der Waals surface area contributed by atoms with E-state index in [-0.39, 0.29) is 18.4 Å². The van der Waals surface area contributed by atoms with E-state index in [9.17, 15) is 9.59 Å². The number of nitrogens with zero attached hydrogens (tertiary/aromatic N) is 2. The molecule has 2 aromatic heterocycles. The standard InChI is InChI=1S/C16H21N3O3S/c1-5-19(6-2)16(21)14-11(4)22-13(18-14)9-17-15(20)12-8-7-10(3)23-12/h7-8H,5-6,9H2,1-4H3,(H,17,20). The molecule has 0 saturated carbocycles. The van der Waals surface area contributed by atoms with Crippen LogP contribution in [0.3, 0.4) is 0 Å². The number of rotatable bonds is 6. The molecule has 2 amide bonds. The van der Waals surface area contributed by atoms with Gasteiger partial charge in [0.05, 0.1) is 11.4 Å². The molecular weight excluding hydrogens is 314 g/mol. The summed E-state index contributed by atoms with van der Waals surface area (Å²) < 4.78 is 5.50. The summed E-state index contributed by atoms with van der Waals surface area (Å²) in [6.45, 7) is 8.88. The molecule has 0 aliphatic rings. The Balaban J connectivity index is 2.03. The van der Waals surface area contributed by atoms with Crippen LogP contribution in [0.1, 0.15) is 50.5 Å². The minimum absolute atomic E-state index is 0.150. The average Bonchev–Trinajstić information content (AvgIpc) is 3.12. The van der Waals surface area contributed by atoms with Crippen LogP contribution in [0.5, 0.6) is 0 Å². The molecule has 0 unspecified atom stereocenters. The highest BCUT2D eigenvalue weighted by atomic mass is 32.1. The molecule has 0 aliphatic carbocycles. The van der Waals surface area contributed by atoms with Crippen LogP contribution in [0, 0.1) is 13.8 Å². The van der Waals surface area contributed by atoms with Gasteiger partial charge in [-0.25, -0.2) is 4.98 Å². The third kappa shape index (κ3) is 3.98. The zero-order valence-electron chi connectivity index (χ0n) is 13.8. The number of thiophene rings is 1. The maximum absolute atomic E-state index is 12.3. The number of hydrogen-bond acceptors (Lipinski definition) is 5. The van der Waals surface area contributed by atoms with Crippen molar-refractivity contribution in [1.82, 2.24) is 15.2 Å². The average molecular weight is 335 g/mol. The molecule has 124 valence electrons. The monoisotopic (exact) mass is 335 g/mol. The van der Waals surface area contributed by atoms with Crippen LogP contribution < -0.4 is 5.32 Å². The predicted octanol–water partition coefficient (Wildman–Crippen LogP) is 2.76. The zero-order chi connectivity index (χ0) is 17.0. The van der Waals surface area contributed by atoms with E-state index >= 15 is 0 Å². The molecule has 0 bridgehead atoms. The van der Waals surface area contributed by atoms with Gasteiger partial charge in [0, 0.05) is 18.0 Å². The molecule has 2 rings (SSSR count). The molecule has 1 N–H and O–H groups in total. The molecule has 0 atom stereocenters. The van der Waals surface area contributed by atoms with Gasteiger partial charge in [-0.3, -0.25) is 9.59 Å². The van der Waals surface area contributed by atoms with E-state index in [1.807, 2.05) is 26.8 Å². The Morgan fingerprint density at radius 2 is 1.96 bits per heavy atom. The molecule has 0 radical (unpaired) electrons. The van der Waals surface area contributed by atoms with Crippen LogP contribution in [-0.2, 0) is 6.54 Å². The van der Waals surface area contributed by atoms with E-state index in [4.69, 9.17) is 4.42 Å². The molecule has 0 spiro atoms. The van der Waals surface area contributed by atoms with Crippen LogP contribution in [0.15, 0.2) is 16.5 Å². The maximum atomic E-state index is 12.3. The smallest absolute Gasteiger partial charge is 0.276 e. The summed E-state index contributed by atoms with van der Waals surface area (Å²) in [6, 6.07) is 3.68. The SMILES string of the molecule is CCN(CC)C(=O)c1nc(CNC(=O)c2ccc(C)s2)oc1C. The Labute approximate surface area is 139 Å². The normalized spacial score (nSPS) is 10.6. The van der Waals surface area contributed by atoms with Crippen molar-refractivity contribution in [1.29, 1.82) is 0 Å². The fourth-order valence-electron chi connectivity index (χ4n) is 2.19. The van der Waals surface area contributed by atoms with Crippen molar-refractivity contribution in [2.45, 2.75) is 34.2 Å². The maximum Gasteiger partial charge on any atom is 0.276 e. The van der Waals surface area contributed by atoms with Gasteiger partial charge in [0.15, 0.2) is 5.69 Å². The number of aromatic nitrogens is 1. The van der Waals surface area contributed by atoms with Crippen molar-refractivity contribution >= 4 is 23.2 Å². The summed E-state index contributed by atoms with van der Waals surface area (Å²) in [6.07, 6.45) is 0. The van der Waals surface area contributed by atoms with Crippen LogP contribution in [0.4, 0.5) is 0 Å². The Bertz CT molecular complexity index is 701. The summed E-state index contributed by atoms with van der Waals surface area (Å²) in [5.41, 5.74) is 0.310. The summed E-state index contributed by atoms with van der Waals surface area (Å²) in [4.78, 5) is 32.0. The first kappa shape index (κ1) is 17.2. The quantitative estimate of drug-likeness (QED) is 0.881. The van der Waals surface area contributed by atoms with Crippen molar-refractivity contribution in [2.75, 3.05) is 13.1 Å². The van der Waals surface area contributed by atoms with E-state index in [1.54, 1.807) is 17.9 Å². The second-order valence-electron chi connectivity index (χ2n) is 5.08. The number of oxazole rings is 1. The second kappa shape index (κ2) is 7.41. The molecule has 23 heavy (non-hydrogen) atoms. The molecular formula is C16H21N3O3S. The van der Waals surface area contributed by atoms with Crippen molar-refractivity contribution in [3.05, 3.63) is 39.2 Å². The molecule has 0 aliphatic heterocycles. The molecule has 0 saturated heterocycles.